The van der Waals surface area contributed by atoms with E-state index in [-0.39, 0.29) is 95.4 Å². The smallest absolute Gasteiger partial charge is 0.472 e. The second-order valence-electron chi connectivity index (χ2n) is 20.4. The summed E-state index contributed by atoms with van der Waals surface area (Å²) in [5.74, 6) is -3.71. The molecule has 75 heavy (non-hydrogen) atoms. The summed E-state index contributed by atoms with van der Waals surface area (Å²) in [7, 11) is 3.57. The molecule has 7 atom stereocenters. The first-order valence-electron chi connectivity index (χ1n) is 25.6. The first kappa shape index (κ1) is 65.2. The Hall–Kier alpha value is -4.09. The zero-order valence-electron chi connectivity index (χ0n) is 45.4. The van der Waals surface area contributed by atoms with E-state index in [4.69, 9.17) is 9.47 Å². The van der Waals surface area contributed by atoms with Crippen molar-refractivity contribution >= 4 is 87.8 Å². The number of nitrogens with zero attached hydrogens (tertiary/aromatic N) is 3. The van der Waals surface area contributed by atoms with Crippen LogP contribution in [-0.2, 0) is 49.0 Å². The van der Waals surface area contributed by atoms with Gasteiger partial charge in [-0.05, 0) is 95.5 Å². The molecule has 2 heterocycles. The van der Waals surface area contributed by atoms with Crippen LogP contribution >= 0.6 is 40.7 Å². The van der Waals surface area contributed by atoms with E-state index in [1.165, 1.54) is 25.3 Å². The molecule has 4 amide bonds. The number of ether oxygens (including phenoxy) is 2. The largest absolute Gasteiger partial charge is 0.481 e. The van der Waals surface area contributed by atoms with Crippen LogP contribution < -0.4 is 20.7 Å². The van der Waals surface area contributed by atoms with E-state index in [0.717, 1.165) is 42.9 Å². The Morgan fingerprint density at radius 2 is 1.75 bits per heavy atom. The summed E-state index contributed by atoms with van der Waals surface area (Å²) in [4.78, 5) is 119. The number of carboxylic acids is 1. The Balaban J connectivity index is 1.86. The fraction of sp³-hybridized carbons (Fsp3) is 0.686. The number of hydrogen-bond acceptors (Lipinski definition) is 16. The van der Waals surface area contributed by atoms with E-state index in [1.54, 1.807) is 52.7 Å². The number of carboxylic acid groups (broad SMARTS) is 1. The second kappa shape index (κ2) is 31.3. The van der Waals surface area contributed by atoms with E-state index in [0.29, 0.717) is 36.3 Å². The number of likely N-dealkylation sites (tertiary alicyclic amines) is 1. The fourth-order valence-corrected chi connectivity index (χ4v) is 12.4. The van der Waals surface area contributed by atoms with Gasteiger partial charge in [-0.15, -0.1) is 11.3 Å². The molecule has 0 aliphatic carbocycles. The number of carbonyl (C=O) groups excluding carboxylic acids is 6. The fourth-order valence-electron chi connectivity index (χ4n) is 8.75. The molecule has 6 N–H and O–H groups in total. The average molecular weight is 1130 g/mol. The molecule has 0 saturated carbocycles. The zero-order valence-corrected chi connectivity index (χ0v) is 48.7. The third-order valence-electron chi connectivity index (χ3n) is 13.4. The summed E-state index contributed by atoms with van der Waals surface area (Å²) >= 11 is 1.10. The summed E-state index contributed by atoms with van der Waals surface area (Å²) < 4.78 is 26.9. The number of carbonyl (C=O) groups is 7. The van der Waals surface area contributed by atoms with Gasteiger partial charge in [0.25, 0.3) is 5.91 Å². The van der Waals surface area contributed by atoms with Gasteiger partial charge in [-0.3, -0.25) is 38.5 Å². The number of phosphoric acid groups is 1. The number of thiazole rings is 1. The van der Waals surface area contributed by atoms with Gasteiger partial charge < -0.3 is 45.2 Å². The van der Waals surface area contributed by atoms with Crippen molar-refractivity contribution in [1.29, 1.82) is 0 Å². The van der Waals surface area contributed by atoms with Crippen LogP contribution in [0.25, 0.3) is 0 Å². The number of aliphatic carboxylic acids is 1. The van der Waals surface area contributed by atoms with Gasteiger partial charge >= 0.3 is 19.8 Å². The minimum absolute atomic E-state index is 0.0150. The van der Waals surface area contributed by atoms with Crippen molar-refractivity contribution in [1.82, 2.24) is 25.4 Å². The quantitative estimate of drug-likeness (QED) is 0.0130. The van der Waals surface area contributed by atoms with Crippen LogP contribution in [0.3, 0.4) is 0 Å². The monoisotopic (exact) mass is 1130 g/mol. The number of nitrogens with one attached hydrogen (secondary N) is 3. The number of Topliss-reactive ketones (excluding diaryl/α,β-unsaturated/α-hetero) is 1. The molecule has 2 unspecified atom stereocenters. The summed E-state index contributed by atoms with van der Waals surface area (Å²) in [5, 5.41) is 20.1. The van der Waals surface area contributed by atoms with Crippen molar-refractivity contribution in [3.63, 3.8) is 0 Å². The van der Waals surface area contributed by atoms with Crippen molar-refractivity contribution < 1.29 is 67.0 Å². The summed E-state index contributed by atoms with van der Waals surface area (Å²) in [6.07, 6.45) is 4.53. The molecule has 1 aliphatic rings. The second-order valence-corrected chi connectivity index (χ2v) is 25.6. The van der Waals surface area contributed by atoms with Crippen LogP contribution in [0.1, 0.15) is 153 Å². The molecule has 3 rings (SSSR count). The third kappa shape index (κ3) is 22.8. The SMILES string of the molecule is CC[C@H](C)[C@H](CC(=O)C1CCCCN1C)C(=O)N(C)[C@H](C[C@@H](OC(C)=O)c1nc(C(=O)N[C@@H](Cc2ccc(OCOP(=O)(O)O)c(NC(=O)CCC(C)(C)SSCCCC(=O)NC)c2)CC(C)C(=O)O)cs1)C(C)C. The van der Waals surface area contributed by atoms with Crippen LogP contribution in [0.2, 0.25) is 0 Å². The summed E-state index contributed by atoms with van der Waals surface area (Å²) in [5.41, 5.74) is 0.661. The van der Waals surface area contributed by atoms with Gasteiger partial charge in [0.15, 0.2) is 18.7 Å². The molecule has 0 spiro atoms. The van der Waals surface area contributed by atoms with Crippen molar-refractivity contribution in [3.8, 4) is 5.75 Å². The number of rotatable bonds is 33. The van der Waals surface area contributed by atoms with Gasteiger partial charge in [0, 0.05) is 80.6 Å². The lowest BCUT2D eigenvalue weighted by atomic mass is 9.83. The van der Waals surface area contributed by atoms with Gasteiger partial charge in [0.1, 0.15) is 16.5 Å². The molecule has 2 aromatic rings. The minimum Gasteiger partial charge on any atom is -0.481 e. The molecule has 1 aromatic carbocycles. The number of amides is 4. The van der Waals surface area contributed by atoms with Gasteiger partial charge in [-0.25, -0.2) is 14.1 Å². The maximum atomic E-state index is 14.4. The Labute approximate surface area is 454 Å². The number of esters is 1. The van der Waals surface area contributed by atoms with Gasteiger partial charge in [0.2, 0.25) is 17.7 Å². The molecule has 1 fully saturated rings. The number of likely N-dealkylation sites (N-methyl/N-ethyl adjacent to an activating group) is 1. The van der Waals surface area contributed by atoms with E-state index in [9.17, 15) is 53.0 Å². The van der Waals surface area contributed by atoms with Gasteiger partial charge in [-0.2, -0.15) is 0 Å². The number of phosphoric ester groups is 1. The topological polar surface area (TPSA) is 280 Å². The van der Waals surface area contributed by atoms with Gasteiger partial charge in [-0.1, -0.05) is 75.1 Å². The van der Waals surface area contributed by atoms with Crippen LogP contribution in [0.4, 0.5) is 5.69 Å². The van der Waals surface area contributed by atoms with Crippen molar-refractivity contribution in [2.24, 2.45) is 23.7 Å². The lowest BCUT2D eigenvalue weighted by Crippen LogP contribution is -2.48. The maximum Gasteiger partial charge on any atom is 0.472 e. The predicted octanol–water partition coefficient (Wildman–Crippen LogP) is 8.03. The summed E-state index contributed by atoms with van der Waals surface area (Å²) in [6.45, 7) is 14.7. The number of aromatic nitrogens is 1. The lowest BCUT2D eigenvalue weighted by molar-refractivity contribution is -0.149. The first-order valence-corrected chi connectivity index (χ1v) is 30.3. The molecule has 1 aliphatic heterocycles. The van der Waals surface area contributed by atoms with Crippen LogP contribution in [-0.4, -0.2) is 134 Å². The molecular weight excluding hydrogens is 1050 g/mol. The molecule has 0 bridgehead atoms. The highest BCUT2D eigenvalue weighted by Gasteiger charge is 2.38. The number of piperidine rings is 1. The Kier molecular flexibility index (Phi) is 27.2. The van der Waals surface area contributed by atoms with Crippen molar-refractivity contribution in [2.75, 3.05) is 45.6 Å². The average Bonchev–Trinajstić information content (AvgIpc) is 3.84. The molecule has 1 aromatic heterocycles. The van der Waals surface area contributed by atoms with E-state index < -0.39 is 62.5 Å². The molecule has 1 saturated heterocycles. The normalized spacial score (nSPS) is 16.7. The zero-order chi connectivity index (χ0) is 56.2. The van der Waals surface area contributed by atoms with Crippen molar-refractivity contribution in [3.05, 3.63) is 39.8 Å². The highest BCUT2D eigenvalue weighted by Crippen LogP contribution is 2.40. The van der Waals surface area contributed by atoms with E-state index in [1.807, 2.05) is 48.6 Å². The standard InChI is InChI=1S/C51H81N6O14PS3/c1-12-32(4)37(27-42(59)40-16-13-14-22-56(40)10)49(63)57(11)41(31(2)3)28-44(71-34(6)58)48-55-39(29-73-48)47(62)53-36(24-33(5)50(64)65)25-35-18-19-43(69-30-70-72(66,67)68)38(26-35)54-46(61)20-21-51(7,8)75-74-23-15-17-45(60)52-9/h18-19,26,29,31-33,36-37,40-41,44H,12-17,20-25,27-28,30H2,1-11H3,(H,52,60)(H,53,62)(H,54,61)(H,64,65)(H2,66,67,68)/t32-,33?,36+,37-,40?,41+,44+/m0/s1. The third-order valence-corrected chi connectivity index (χ3v) is 18.2. The van der Waals surface area contributed by atoms with Crippen molar-refractivity contribution in [2.45, 2.75) is 161 Å². The first-order chi connectivity index (χ1) is 35.1. The highest BCUT2D eigenvalue weighted by atomic mass is 33.1. The van der Waals surface area contributed by atoms with Crippen LogP contribution in [0.15, 0.2) is 23.6 Å². The maximum absolute atomic E-state index is 14.4. The highest BCUT2D eigenvalue weighted by molar-refractivity contribution is 8.77. The molecule has 24 heteroatoms. The number of hydrogen-bond donors (Lipinski definition) is 6. The molecule has 20 nitrogen and oxygen atoms in total. The minimum atomic E-state index is -4.91. The Morgan fingerprint density at radius 3 is 2.36 bits per heavy atom. The Morgan fingerprint density at radius 1 is 1.04 bits per heavy atom. The van der Waals surface area contributed by atoms with Crippen LogP contribution in [0, 0.1) is 23.7 Å². The Bertz CT molecular complexity index is 2280. The number of benzene rings is 1. The molecular formula is C51H81N6O14PS3. The number of ketones is 1. The molecule has 422 valence electrons. The van der Waals surface area contributed by atoms with E-state index in [2.05, 4.69) is 30.4 Å². The number of anilines is 1. The lowest BCUT2D eigenvalue weighted by Gasteiger charge is -2.37. The predicted molar refractivity (Wildman–Crippen MR) is 292 cm³/mol. The van der Waals surface area contributed by atoms with Gasteiger partial charge in [0.05, 0.1) is 17.6 Å². The molecule has 0 radical (unpaired) electrons. The van der Waals surface area contributed by atoms with Crippen LogP contribution in [0.5, 0.6) is 5.75 Å². The summed E-state index contributed by atoms with van der Waals surface area (Å²) in [6, 6.07) is 3.14. The van der Waals surface area contributed by atoms with E-state index >= 15 is 0 Å².